The molecule has 0 unspecified atom stereocenters. The van der Waals surface area contributed by atoms with E-state index in [0.29, 0.717) is 38.7 Å². The number of aliphatic hydroxyl groups is 2. The molecule has 0 spiro atoms. The van der Waals surface area contributed by atoms with Gasteiger partial charge in [-0.3, -0.25) is 14.8 Å². The van der Waals surface area contributed by atoms with E-state index in [9.17, 15) is 54.9 Å². The van der Waals surface area contributed by atoms with E-state index >= 15 is 0 Å². The zero-order valence-corrected chi connectivity index (χ0v) is 34.1. The number of anilines is 1. The van der Waals surface area contributed by atoms with E-state index in [1.807, 2.05) is 9.80 Å². The van der Waals surface area contributed by atoms with Crippen LogP contribution < -0.4 is 14.8 Å². The van der Waals surface area contributed by atoms with Crippen molar-refractivity contribution < 1.29 is 79.0 Å². The first-order chi connectivity index (χ1) is 30.8. The summed E-state index contributed by atoms with van der Waals surface area (Å²) in [6, 6.07) is 9.86. The number of rotatable bonds is 13. The van der Waals surface area contributed by atoms with E-state index < -0.39 is 107 Å². The standard InChI is InChI=1S/C42H42F8N6O9/c1-21-35(58)25(19-57)38(65-33-7-3-6-30(54-33)41(45,46)47)37(63-21)23-4-2-5-24(14-23)64-39-28(52-32-16-51-15-31(53-32)42(48,49)50)20-62-29(36(39)59)18-56-10-8-55(9-11-56)17-22-12-26(43)34(40(60)61)27(44)13-22/h2-7,12-16,19,21,25,28-29,35-39,58-59H,8-11,17-18,20H2,1H3,(H,52,53)(H,60,61)/t21-,25+,28+,29-,35+,36+,37-,38-,39-/m1/s1. The monoisotopic (exact) mass is 926 g/mol. The number of carbonyl (C=O) groups excluding carboxylic acids is 1. The van der Waals surface area contributed by atoms with Crippen molar-refractivity contribution in [2.24, 2.45) is 5.92 Å². The number of hydrogen-bond donors (Lipinski definition) is 4. The van der Waals surface area contributed by atoms with Gasteiger partial charge in [-0.25, -0.2) is 23.5 Å². The Kier molecular flexibility index (Phi) is 14.2. The molecule has 3 aliphatic rings. The number of hydrogen-bond acceptors (Lipinski definition) is 14. The number of nitrogens with zero attached hydrogens (tertiary/aromatic N) is 5. The molecule has 9 atom stereocenters. The number of ether oxygens (including phenoxy) is 4. The van der Waals surface area contributed by atoms with Gasteiger partial charge in [-0.05, 0) is 48.4 Å². The fourth-order valence-electron chi connectivity index (χ4n) is 8.00. The number of carboxylic acids is 1. The van der Waals surface area contributed by atoms with Crippen molar-refractivity contribution in [1.29, 1.82) is 0 Å². The summed E-state index contributed by atoms with van der Waals surface area (Å²) in [5.41, 5.74) is -3.08. The Labute approximate surface area is 364 Å². The van der Waals surface area contributed by atoms with Gasteiger partial charge in [0.25, 0.3) is 0 Å². The molecule has 4 aromatic rings. The smallest absolute Gasteiger partial charge is 0.434 e. The van der Waals surface area contributed by atoms with Crippen molar-refractivity contribution in [2.45, 2.75) is 74.6 Å². The van der Waals surface area contributed by atoms with E-state index in [0.717, 1.165) is 36.5 Å². The summed E-state index contributed by atoms with van der Waals surface area (Å²) in [5, 5.41) is 34.7. The maximum Gasteiger partial charge on any atom is 0.434 e. The highest BCUT2D eigenvalue weighted by molar-refractivity contribution is 5.88. The Hall–Kier alpha value is -5.59. The summed E-state index contributed by atoms with van der Waals surface area (Å²) >= 11 is 0. The zero-order chi connectivity index (χ0) is 46.8. The van der Waals surface area contributed by atoms with Crippen LogP contribution in [0.2, 0.25) is 0 Å². The molecule has 15 nitrogen and oxygen atoms in total. The first kappa shape index (κ1) is 47.4. The van der Waals surface area contributed by atoms with Crippen molar-refractivity contribution in [2.75, 3.05) is 44.6 Å². The number of aromatic nitrogens is 3. The summed E-state index contributed by atoms with van der Waals surface area (Å²) < 4.78 is 134. The maximum atomic E-state index is 14.3. The average Bonchev–Trinajstić information content (AvgIpc) is 3.24. The molecule has 23 heteroatoms. The summed E-state index contributed by atoms with van der Waals surface area (Å²) in [5.74, 6) is -6.15. The number of carboxylic acid groups (broad SMARTS) is 1. The van der Waals surface area contributed by atoms with Crippen LogP contribution in [-0.4, -0.2) is 134 Å². The van der Waals surface area contributed by atoms with Gasteiger partial charge in [-0.2, -0.15) is 26.3 Å². The van der Waals surface area contributed by atoms with Gasteiger partial charge in [0, 0.05) is 45.3 Å². The number of carbonyl (C=O) groups is 2. The minimum Gasteiger partial charge on any atom is -0.485 e. The molecular formula is C42H42F8N6O9. The predicted octanol–water partition coefficient (Wildman–Crippen LogP) is 4.77. The number of aldehydes is 1. The molecule has 0 aliphatic carbocycles. The molecule has 0 saturated carbocycles. The second-order valence-electron chi connectivity index (χ2n) is 15.8. The number of alkyl halides is 6. The Morgan fingerprint density at radius 1 is 0.877 bits per heavy atom. The number of benzene rings is 2. The Morgan fingerprint density at radius 2 is 1.55 bits per heavy atom. The molecule has 2 aromatic carbocycles. The number of nitrogens with one attached hydrogen (secondary N) is 1. The van der Waals surface area contributed by atoms with Crippen LogP contribution in [0, 0.1) is 17.6 Å². The fraction of sp³-hybridized carbons (Fsp3) is 0.452. The Morgan fingerprint density at radius 3 is 2.22 bits per heavy atom. The van der Waals surface area contributed by atoms with E-state index in [4.69, 9.17) is 24.1 Å². The number of aliphatic hydroxyl groups excluding tert-OH is 2. The van der Waals surface area contributed by atoms with Crippen LogP contribution in [0.4, 0.5) is 40.9 Å². The lowest BCUT2D eigenvalue weighted by Gasteiger charge is -2.43. The molecule has 3 aliphatic heterocycles. The van der Waals surface area contributed by atoms with Crippen molar-refractivity contribution in [1.82, 2.24) is 24.8 Å². The van der Waals surface area contributed by atoms with Crippen LogP contribution in [-0.2, 0) is 33.2 Å². The van der Waals surface area contributed by atoms with Crippen molar-refractivity contribution in [3.05, 3.63) is 107 Å². The Bertz CT molecular complexity index is 2300. The summed E-state index contributed by atoms with van der Waals surface area (Å²) in [6.45, 7) is 3.20. The van der Waals surface area contributed by atoms with Crippen molar-refractivity contribution >= 4 is 18.1 Å². The molecule has 350 valence electrons. The number of piperazine rings is 1. The summed E-state index contributed by atoms with van der Waals surface area (Å²) in [7, 11) is 0. The lowest BCUT2D eigenvalue weighted by Crippen LogP contribution is -2.61. The lowest BCUT2D eigenvalue weighted by atomic mass is 9.84. The van der Waals surface area contributed by atoms with Crippen molar-refractivity contribution in [3.63, 3.8) is 0 Å². The lowest BCUT2D eigenvalue weighted by molar-refractivity contribution is -0.188. The van der Waals surface area contributed by atoms with Crippen LogP contribution >= 0.6 is 0 Å². The molecule has 3 saturated heterocycles. The zero-order valence-electron chi connectivity index (χ0n) is 34.1. The highest BCUT2D eigenvalue weighted by Gasteiger charge is 2.47. The molecule has 7 rings (SSSR count). The van der Waals surface area contributed by atoms with Crippen molar-refractivity contribution in [3.8, 4) is 11.6 Å². The molecule has 3 fully saturated rings. The highest BCUT2D eigenvalue weighted by atomic mass is 19.4. The highest BCUT2D eigenvalue weighted by Crippen LogP contribution is 2.39. The topological polar surface area (TPSA) is 189 Å². The quantitative estimate of drug-likeness (QED) is 0.106. The van der Waals surface area contributed by atoms with Gasteiger partial charge < -0.3 is 44.4 Å². The SMILES string of the molecule is C[C@H]1O[C@H](c2cccc(O[C@H]3[C@@H](O)[C@@H](CN4CCN(Cc5cc(F)c(C(=O)O)c(F)c5)CC4)OC[C@@H]3Nc3cncc(C(F)(F)F)n3)c2)[C@H](Oc2cccc(C(F)(F)F)n2)[C@@H](C=O)[C@H]1O. The molecule has 65 heavy (non-hydrogen) atoms. The van der Waals surface area contributed by atoms with Gasteiger partial charge in [-0.1, -0.05) is 18.2 Å². The number of aromatic carboxylic acids is 1. The molecule has 0 bridgehead atoms. The second kappa shape index (κ2) is 19.5. The molecule has 0 radical (unpaired) electrons. The van der Waals surface area contributed by atoms with Crippen LogP contribution in [0.1, 0.15) is 45.9 Å². The van der Waals surface area contributed by atoms with Gasteiger partial charge in [-0.15, -0.1) is 0 Å². The largest absolute Gasteiger partial charge is 0.485 e. The van der Waals surface area contributed by atoms with Crippen LogP contribution in [0.5, 0.6) is 11.6 Å². The summed E-state index contributed by atoms with van der Waals surface area (Å²) in [6.07, 6.45) is -16.3. The number of pyridine rings is 1. The minimum atomic E-state index is -4.83. The van der Waals surface area contributed by atoms with Gasteiger partial charge in [0.1, 0.15) is 65.2 Å². The molecule has 4 N–H and O–H groups in total. The van der Waals surface area contributed by atoms with Gasteiger partial charge in [0.15, 0.2) is 5.69 Å². The Balaban J connectivity index is 1.10. The summed E-state index contributed by atoms with van der Waals surface area (Å²) in [4.78, 5) is 38.2. The molecule has 0 amide bonds. The minimum absolute atomic E-state index is 0.0768. The molecular weight excluding hydrogens is 884 g/mol. The average molecular weight is 927 g/mol. The van der Waals surface area contributed by atoms with Gasteiger partial charge in [0.2, 0.25) is 5.88 Å². The maximum absolute atomic E-state index is 14.3. The number of halogens is 8. The van der Waals surface area contributed by atoms with E-state index in [-0.39, 0.29) is 42.4 Å². The van der Waals surface area contributed by atoms with Gasteiger partial charge in [0.05, 0.1) is 49.3 Å². The third-order valence-corrected chi connectivity index (χ3v) is 11.3. The molecule has 5 heterocycles. The van der Waals surface area contributed by atoms with Crippen LogP contribution in [0.3, 0.4) is 0 Å². The predicted molar refractivity (Wildman–Crippen MR) is 209 cm³/mol. The van der Waals surface area contributed by atoms with E-state index in [1.54, 1.807) is 6.07 Å². The van der Waals surface area contributed by atoms with E-state index in [2.05, 4.69) is 20.3 Å². The van der Waals surface area contributed by atoms with E-state index in [1.165, 1.54) is 25.1 Å². The van der Waals surface area contributed by atoms with Crippen LogP contribution in [0.15, 0.2) is 67.0 Å². The second-order valence-corrected chi connectivity index (χ2v) is 15.8. The fourth-order valence-corrected chi connectivity index (χ4v) is 8.00. The van der Waals surface area contributed by atoms with Gasteiger partial charge >= 0.3 is 18.3 Å². The third-order valence-electron chi connectivity index (χ3n) is 11.3. The first-order valence-corrected chi connectivity index (χ1v) is 20.2. The molecule has 2 aromatic heterocycles. The van der Waals surface area contributed by atoms with Crippen LogP contribution in [0.25, 0.3) is 0 Å². The first-order valence-electron chi connectivity index (χ1n) is 20.2. The third kappa shape index (κ3) is 11.1. The normalized spacial score (nSPS) is 26.9.